The summed E-state index contributed by atoms with van der Waals surface area (Å²) in [6.07, 6.45) is 0. The fourth-order valence-electron chi connectivity index (χ4n) is 2.12. The van der Waals surface area contributed by atoms with E-state index in [9.17, 15) is 4.79 Å². The minimum absolute atomic E-state index is 0.295. The molecule has 0 unspecified atom stereocenters. The molecule has 0 radical (unpaired) electrons. The lowest BCUT2D eigenvalue weighted by molar-refractivity contribution is -0.128. The maximum absolute atomic E-state index is 12.6. The van der Waals surface area contributed by atoms with Crippen molar-refractivity contribution in [3.8, 4) is 5.75 Å². The van der Waals surface area contributed by atoms with E-state index in [0.717, 1.165) is 9.90 Å². The summed E-state index contributed by atoms with van der Waals surface area (Å²) >= 11 is 8.90. The Bertz CT molecular complexity index is 899. The molecule has 27 heavy (non-hydrogen) atoms. The van der Waals surface area contributed by atoms with Crippen LogP contribution in [0.25, 0.3) is 0 Å². The van der Waals surface area contributed by atoms with Crippen molar-refractivity contribution >= 4 is 45.7 Å². The molecular formula is C19H18ClN3O2S2. The molecule has 0 atom stereocenters. The lowest BCUT2D eigenvalue weighted by Gasteiger charge is -2.24. The molecule has 5 nitrogen and oxygen atoms in total. The van der Waals surface area contributed by atoms with Crippen molar-refractivity contribution in [3.63, 3.8) is 0 Å². The van der Waals surface area contributed by atoms with E-state index in [0.29, 0.717) is 21.7 Å². The van der Waals surface area contributed by atoms with E-state index >= 15 is 0 Å². The number of nitrogens with zero attached hydrogens (tertiary/aromatic N) is 2. The molecule has 1 N–H and O–H groups in total. The number of carbonyl (C=O) groups is 1. The van der Waals surface area contributed by atoms with Gasteiger partial charge in [-0.25, -0.2) is 0 Å². The topological polar surface area (TPSA) is 64.1 Å². The second kappa shape index (κ2) is 8.73. The molecule has 3 aromatic rings. The second-order valence-corrected chi connectivity index (χ2v) is 8.67. The highest BCUT2D eigenvalue weighted by Crippen LogP contribution is 2.27. The molecule has 1 heterocycles. The predicted molar refractivity (Wildman–Crippen MR) is 111 cm³/mol. The first-order valence-electron chi connectivity index (χ1n) is 8.19. The van der Waals surface area contributed by atoms with Gasteiger partial charge in [-0.05, 0) is 50.2 Å². The van der Waals surface area contributed by atoms with Crippen LogP contribution in [0.1, 0.15) is 18.9 Å². The Morgan fingerprint density at radius 1 is 1.15 bits per heavy atom. The van der Waals surface area contributed by atoms with Gasteiger partial charge in [0, 0.05) is 9.92 Å². The molecule has 140 valence electrons. The van der Waals surface area contributed by atoms with Crippen molar-refractivity contribution < 1.29 is 9.53 Å². The van der Waals surface area contributed by atoms with Gasteiger partial charge in [0.2, 0.25) is 5.13 Å². The molecule has 0 bridgehead atoms. The molecule has 0 saturated heterocycles. The minimum Gasteiger partial charge on any atom is -0.478 e. The number of amides is 1. The Morgan fingerprint density at radius 3 is 2.56 bits per heavy atom. The molecule has 0 aliphatic rings. The van der Waals surface area contributed by atoms with Crippen LogP contribution < -0.4 is 10.1 Å². The third kappa shape index (κ3) is 5.69. The van der Waals surface area contributed by atoms with Crippen molar-refractivity contribution in [2.24, 2.45) is 0 Å². The van der Waals surface area contributed by atoms with E-state index in [-0.39, 0.29) is 5.91 Å². The number of rotatable bonds is 7. The highest BCUT2D eigenvalue weighted by Gasteiger charge is 2.31. The highest BCUT2D eigenvalue weighted by atomic mass is 35.5. The first-order chi connectivity index (χ1) is 12.9. The lowest BCUT2D eigenvalue weighted by atomic mass is 10.1. The summed E-state index contributed by atoms with van der Waals surface area (Å²) in [4.78, 5) is 13.7. The monoisotopic (exact) mass is 419 g/mol. The molecule has 1 aromatic heterocycles. The third-order valence-electron chi connectivity index (χ3n) is 3.53. The predicted octanol–water partition coefficient (Wildman–Crippen LogP) is 5.28. The van der Waals surface area contributed by atoms with E-state index in [1.807, 2.05) is 30.3 Å². The Kier molecular flexibility index (Phi) is 6.36. The summed E-state index contributed by atoms with van der Waals surface area (Å²) < 4.78 is 5.78. The van der Waals surface area contributed by atoms with Crippen LogP contribution in [0, 0.1) is 0 Å². The lowest BCUT2D eigenvalue weighted by Crippen LogP contribution is -2.42. The zero-order valence-corrected chi connectivity index (χ0v) is 17.2. The van der Waals surface area contributed by atoms with Gasteiger partial charge in [0.05, 0.1) is 5.75 Å². The smallest absolute Gasteiger partial charge is 0.269 e. The average Bonchev–Trinajstić information content (AvgIpc) is 3.10. The standard InChI is InChI=1S/C19H18ClN3O2S2/c1-19(2,25-14-10-8-13(20)9-11-14)17(24)21-18-23-22-16(27-18)12-26-15-6-4-3-5-7-15/h3-11H,12H2,1-2H3,(H,21,23,24). The molecule has 0 fully saturated rings. The average molecular weight is 420 g/mol. The van der Waals surface area contributed by atoms with Crippen LogP contribution in [0.5, 0.6) is 5.75 Å². The molecule has 0 spiro atoms. The van der Waals surface area contributed by atoms with Gasteiger partial charge in [-0.1, -0.05) is 41.1 Å². The molecule has 0 aliphatic carbocycles. The molecule has 8 heteroatoms. The van der Waals surface area contributed by atoms with Crippen molar-refractivity contribution in [2.75, 3.05) is 5.32 Å². The van der Waals surface area contributed by atoms with Crippen molar-refractivity contribution in [1.29, 1.82) is 0 Å². The van der Waals surface area contributed by atoms with Gasteiger partial charge in [0.1, 0.15) is 10.8 Å². The second-order valence-electron chi connectivity index (χ2n) is 6.12. The van der Waals surface area contributed by atoms with Crippen molar-refractivity contribution in [3.05, 3.63) is 64.6 Å². The normalized spacial score (nSPS) is 11.2. The van der Waals surface area contributed by atoms with E-state index in [2.05, 4.69) is 15.5 Å². The number of halogens is 1. The van der Waals surface area contributed by atoms with Crippen molar-refractivity contribution in [2.45, 2.75) is 30.1 Å². The number of hydrogen-bond donors (Lipinski definition) is 1. The minimum atomic E-state index is -1.07. The fourth-order valence-corrected chi connectivity index (χ4v) is 3.88. The number of anilines is 1. The van der Waals surface area contributed by atoms with Gasteiger partial charge in [-0.15, -0.1) is 22.0 Å². The highest BCUT2D eigenvalue weighted by molar-refractivity contribution is 7.98. The molecule has 0 aliphatic heterocycles. The van der Waals surface area contributed by atoms with Crippen LogP contribution in [-0.4, -0.2) is 21.7 Å². The van der Waals surface area contributed by atoms with Gasteiger partial charge in [0.15, 0.2) is 5.60 Å². The SMILES string of the molecule is CC(C)(Oc1ccc(Cl)cc1)C(=O)Nc1nnc(CSc2ccccc2)s1. The number of carbonyl (C=O) groups excluding carboxylic acids is 1. The van der Waals surface area contributed by atoms with Crippen LogP contribution in [0.15, 0.2) is 59.5 Å². The van der Waals surface area contributed by atoms with Gasteiger partial charge < -0.3 is 4.74 Å². The van der Waals surface area contributed by atoms with E-state index in [1.165, 1.54) is 11.3 Å². The van der Waals surface area contributed by atoms with Crippen LogP contribution in [0.4, 0.5) is 5.13 Å². The Morgan fingerprint density at radius 2 is 1.85 bits per heavy atom. The molecule has 2 aromatic carbocycles. The summed E-state index contributed by atoms with van der Waals surface area (Å²) in [7, 11) is 0. The number of nitrogens with one attached hydrogen (secondary N) is 1. The van der Waals surface area contributed by atoms with E-state index in [1.54, 1.807) is 49.9 Å². The maximum atomic E-state index is 12.6. The molecule has 3 rings (SSSR count). The number of ether oxygens (including phenoxy) is 1. The Hall–Kier alpha value is -2.09. The van der Waals surface area contributed by atoms with Gasteiger partial charge >= 0.3 is 0 Å². The Balaban J connectivity index is 1.57. The van der Waals surface area contributed by atoms with Crippen LogP contribution in [-0.2, 0) is 10.5 Å². The third-order valence-corrected chi connectivity index (χ3v) is 5.82. The van der Waals surface area contributed by atoms with E-state index < -0.39 is 5.60 Å². The Labute approximate surface area is 171 Å². The van der Waals surface area contributed by atoms with Gasteiger partial charge in [-0.2, -0.15) is 0 Å². The van der Waals surface area contributed by atoms with Gasteiger partial charge in [0.25, 0.3) is 5.91 Å². The zero-order chi connectivity index (χ0) is 19.3. The van der Waals surface area contributed by atoms with Crippen LogP contribution in [0.3, 0.4) is 0 Å². The van der Waals surface area contributed by atoms with Gasteiger partial charge in [-0.3, -0.25) is 10.1 Å². The fraction of sp³-hybridized carbons (Fsp3) is 0.211. The quantitative estimate of drug-likeness (QED) is 0.528. The molecule has 1 amide bonds. The largest absolute Gasteiger partial charge is 0.478 e. The summed E-state index contributed by atoms with van der Waals surface area (Å²) in [5.41, 5.74) is -1.07. The molecule has 0 saturated carbocycles. The summed E-state index contributed by atoms with van der Waals surface area (Å²) in [6.45, 7) is 3.40. The molecular weight excluding hydrogens is 402 g/mol. The first-order valence-corrected chi connectivity index (χ1v) is 10.4. The van der Waals surface area contributed by atoms with Crippen LogP contribution >= 0.6 is 34.7 Å². The summed E-state index contributed by atoms with van der Waals surface area (Å²) in [5, 5.41) is 12.9. The number of hydrogen-bond acceptors (Lipinski definition) is 6. The van der Waals surface area contributed by atoms with Crippen molar-refractivity contribution in [1.82, 2.24) is 10.2 Å². The number of benzene rings is 2. The van der Waals surface area contributed by atoms with E-state index in [4.69, 9.17) is 16.3 Å². The summed E-state index contributed by atoms with van der Waals surface area (Å²) in [6, 6.07) is 16.9. The first kappa shape index (κ1) is 19.7. The zero-order valence-electron chi connectivity index (χ0n) is 14.8. The number of thioether (sulfide) groups is 1. The van der Waals surface area contributed by atoms with Crippen LogP contribution in [0.2, 0.25) is 5.02 Å². The summed E-state index contributed by atoms with van der Waals surface area (Å²) in [5.74, 6) is 0.968. The maximum Gasteiger partial charge on any atom is 0.269 e. The number of aromatic nitrogens is 2.